The Labute approximate surface area is 208 Å². The summed E-state index contributed by atoms with van der Waals surface area (Å²) in [6, 6.07) is 13.8. The third-order valence-corrected chi connectivity index (χ3v) is 6.80. The smallest absolute Gasteiger partial charge is 0.276 e. The van der Waals surface area contributed by atoms with E-state index in [9.17, 15) is 14.0 Å². The maximum Gasteiger partial charge on any atom is 0.276 e. The van der Waals surface area contributed by atoms with Crippen molar-refractivity contribution in [2.24, 2.45) is 5.92 Å². The minimum absolute atomic E-state index is 0.0784. The van der Waals surface area contributed by atoms with Crippen molar-refractivity contribution in [1.82, 2.24) is 25.2 Å². The molecule has 3 heterocycles. The van der Waals surface area contributed by atoms with Crippen LogP contribution in [0.1, 0.15) is 46.3 Å². The summed E-state index contributed by atoms with van der Waals surface area (Å²) in [5, 5.41) is 11.2. The quantitative estimate of drug-likeness (QED) is 0.567. The molecule has 0 spiro atoms. The summed E-state index contributed by atoms with van der Waals surface area (Å²) < 4.78 is 26.3. The molecule has 0 radical (unpaired) electrons. The topological polar surface area (TPSA) is 98.6 Å². The van der Waals surface area contributed by atoms with E-state index < -0.39 is 0 Å². The van der Waals surface area contributed by atoms with E-state index in [1.54, 1.807) is 28.8 Å². The zero-order valence-corrected chi connectivity index (χ0v) is 20.0. The van der Waals surface area contributed by atoms with Gasteiger partial charge in [-0.2, -0.15) is 0 Å². The highest BCUT2D eigenvalue weighted by molar-refractivity contribution is 5.93. The van der Waals surface area contributed by atoms with Crippen molar-refractivity contribution in [2.45, 2.75) is 38.6 Å². The molecule has 10 heteroatoms. The maximum atomic E-state index is 13.3. The molecule has 36 heavy (non-hydrogen) atoms. The van der Waals surface area contributed by atoms with Gasteiger partial charge in [-0.1, -0.05) is 29.5 Å². The average Bonchev–Trinajstić information content (AvgIpc) is 3.35. The number of likely N-dealkylation sites (tertiary alicyclic amines) is 1. The Hall–Kier alpha value is -3.79. The fourth-order valence-electron chi connectivity index (χ4n) is 4.67. The van der Waals surface area contributed by atoms with Crippen molar-refractivity contribution in [1.29, 1.82) is 0 Å². The van der Waals surface area contributed by atoms with Gasteiger partial charge in [0.15, 0.2) is 5.69 Å². The lowest BCUT2D eigenvalue weighted by molar-refractivity contribution is -0.126. The van der Waals surface area contributed by atoms with Gasteiger partial charge in [-0.25, -0.2) is 9.07 Å². The van der Waals surface area contributed by atoms with Gasteiger partial charge >= 0.3 is 0 Å². The molecule has 1 fully saturated rings. The van der Waals surface area contributed by atoms with Gasteiger partial charge < -0.3 is 19.7 Å². The third-order valence-electron chi connectivity index (χ3n) is 6.80. The number of amides is 2. The van der Waals surface area contributed by atoms with Gasteiger partial charge in [-0.15, -0.1) is 5.10 Å². The number of benzene rings is 2. The minimum atomic E-state index is -0.328. The number of carbonyl (C=O) groups excluding carboxylic acids is 2. The lowest BCUT2D eigenvalue weighted by Gasteiger charge is -2.31. The second-order valence-corrected chi connectivity index (χ2v) is 9.05. The molecule has 1 N–H and O–H groups in total. The van der Waals surface area contributed by atoms with Crippen LogP contribution in [0.2, 0.25) is 0 Å². The Balaban J connectivity index is 1.15. The van der Waals surface area contributed by atoms with E-state index in [1.807, 2.05) is 24.3 Å². The summed E-state index contributed by atoms with van der Waals surface area (Å²) in [6.07, 6.45) is 0.926. The highest BCUT2D eigenvalue weighted by Crippen LogP contribution is 2.29. The Morgan fingerprint density at radius 1 is 1.17 bits per heavy atom. The number of carbonyl (C=O) groups is 2. The summed E-state index contributed by atoms with van der Waals surface area (Å²) in [5.41, 5.74) is 2.68. The number of nitrogens with zero attached hydrogens (tertiary/aromatic N) is 4. The van der Waals surface area contributed by atoms with Gasteiger partial charge in [0.25, 0.3) is 5.91 Å². The van der Waals surface area contributed by atoms with Crippen LogP contribution in [-0.2, 0) is 29.2 Å². The number of aromatic nitrogens is 3. The van der Waals surface area contributed by atoms with Crippen molar-refractivity contribution in [3.63, 3.8) is 0 Å². The predicted octanol–water partition coefficient (Wildman–Crippen LogP) is 2.87. The molecule has 0 unspecified atom stereocenters. The van der Waals surface area contributed by atoms with Gasteiger partial charge in [0.05, 0.1) is 26.0 Å². The van der Waals surface area contributed by atoms with Gasteiger partial charge in [0.2, 0.25) is 5.91 Å². The molecule has 3 aromatic rings. The van der Waals surface area contributed by atoms with E-state index in [-0.39, 0.29) is 42.8 Å². The molecular weight excluding hydrogens is 465 g/mol. The van der Waals surface area contributed by atoms with Crippen LogP contribution in [0.4, 0.5) is 4.39 Å². The summed E-state index contributed by atoms with van der Waals surface area (Å²) in [5.74, 6) is -0.0140. The molecule has 9 nitrogen and oxygen atoms in total. The number of halogens is 1. The van der Waals surface area contributed by atoms with Crippen LogP contribution in [0, 0.1) is 11.7 Å². The van der Waals surface area contributed by atoms with Crippen LogP contribution in [0.5, 0.6) is 5.75 Å². The van der Waals surface area contributed by atoms with Crippen LogP contribution >= 0.6 is 0 Å². The highest BCUT2D eigenvalue weighted by Gasteiger charge is 2.33. The van der Waals surface area contributed by atoms with Gasteiger partial charge in [0, 0.05) is 25.6 Å². The number of hydrogen-bond donors (Lipinski definition) is 1. The number of nitrogens with one attached hydrogen (secondary N) is 1. The van der Waals surface area contributed by atoms with E-state index in [0.717, 1.165) is 11.3 Å². The van der Waals surface area contributed by atoms with Crippen molar-refractivity contribution in [2.75, 3.05) is 20.2 Å². The molecule has 1 atom stereocenters. The fourth-order valence-corrected chi connectivity index (χ4v) is 4.67. The minimum Gasteiger partial charge on any atom is -0.497 e. The number of ether oxygens (including phenoxy) is 2. The SMILES string of the molecule is COc1ccc([C@@H]2Cn3nnc(C(=O)N4CCC(C(=O)NCc5cccc(F)c5)CC4)c3CO2)cc1. The lowest BCUT2D eigenvalue weighted by Crippen LogP contribution is -2.43. The molecule has 2 aliphatic heterocycles. The Kier molecular flexibility index (Phi) is 6.95. The molecule has 2 amide bonds. The summed E-state index contributed by atoms with van der Waals surface area (Å²) in [4.78, 5) is 27.5. The number of rotatable bonds is 6. The van der Waals surface area contributed by atoms with Crippen molar-refractivity contribution < 1.29 is 23.5 Å². The molecule has 0 aliphatic carbocycles. The molecule has 0 bridgehead atoms. The molecular formula is C26H28FN5O4. The highest BCUT2D eigenvalue weighted by atomic mass is 19.1. The zero-order valence-electron chi connectivity index (χ0n) is 20.0. The number of hydrogen-bond acceptors (Lipinski definition) is 6. The van der Waals surface area contributed by atoms with Gasteiger partial charge in [-0.05, 0) is 48.2 Å². The van der Waals surface area contributed by atoms with Gasteiger partial charge in [-0.3, -0.25) is 9.59 Å². The van der Waals surface area contributed by atoms with Crippen LogP contribution in [-0.4, -0.2) is 51.9 Å². The van der Waals surface area contributed by atoms with E-state index in [1.165, 1.54) is 12.1 Å². The molecule has 1 aromatic heterocycles. The molecule has 5 rings (SSSR count). The average molecular weight is 494 g/mol. The van der Waals surface area contributed by atoms with E-state index >= 15 is 0 Å². The van der Waals surface area contributed by atoms with Crippen LogP contribution in [0.25, 0.3) is 0 Å². The molecule has 2 aliphatic rings. The first-order valence-corrected chi connectivity index (χ1v) is 12.0. The maximum absolute atomic E-state index is 13.3. The first-order valence-electron chi connectivity index (χ1n) is 12.0. The third kappa shape index (κ3) is 5.08. The molecule has 1 saturated heterocycles. The monoisotopic (exact) mass is 493 g/mol. The molecule has 188 valence electrons. The first kappa shape index (κ1) is 23.9. The van der Waals surface area contributed by atoms with Gasteiger partial charge in [0.1, 0.15) is 17.7 Å². The zero-order chi connectivity index (χ0) is 25.1. The van der Waals surface area contributed by atoms with E-state index in [2.05, 4.69) is 15.6 Å². The Bertz CT molecular complexity index is 1240. The lowest BCUT2D eigenvalue weighted by atomic mass is 9.95. The Morgan fingerprint density at radius 2 is 1.94 bits per heavy atom. The molecule has 0 saturated carbocycles. The second kappa shape index (κ2) is 10.4. The number of methoxy groups -OCH3 is 1. The number of fused-ring (bicyclic) bond motifs is 1. The second-order valence-electron chi connectivity index (χ2n) is 9.05. The summed E-state index contributed by atoms with van der Waals surface area (Å²) in [7, 11) is 1.62. The van der Waals surface area contributed by atoms with E-state index in [4.69, 9.17) is 9.47 Å². The van der Waals surface area contributed by atoms with Crippen molar-refractivity contribution in [3.8, 4) is 5.75 Å². The van der Waals surface area contributed by atoms with Crippen molar-refractivity contribution >= 4 is 11.8 Å². The van der Waals surface area contributed by atoms with Crippen LogP contribution in [0.3, 0.4) is 0 Å². The predicted molar refractivity (Wildman–Crippen MR) is 127 cm³/mol. The van der Waals surface area contributed by atoms with E-state index in [0.29, 0.717) is 49.4 Å². The summed E-state index contributed by atoms with van der Waals surface area (Å²) >= 11 is 0. The van der Waals surface area contributed by atoms with Crippen molar-refractivity contribution in [3.05, 3.63) is 76.9 Å². The normalized spacial score (nSPS) is 17.9. The van der Waals surface area contributed by atoms with Crippen LogP contribution in [0.15, 0.2) is 48.5 Å². The summed E-state index contributed by atoms with van der Waals surface area (Å²) in [6.45, 7) is 1.90. The molecule has 2 aromatic carbocycles. The number of piperidine rings is 1. The largest absolute Gasteiger partial charge is 0.497 e. The first-order chi connectivity index (χ1) is 17.5. The standard InChI is InChI=1S/C26H28FN5O4/c1-35-21-7-5-18(6-8-21)23-15-32-22(16-36-23)24(29-30-32)26(34)31-11-9-19(10-12-31)25(33)28-14-17-3-2-4-20(27)13-17/h2-8,13,19,23H,9-12,14-16H2,1H3,(H,28,33)/t23-/m0/s1. The Morgan fingerprint density at radius 3 is 2.67 bits per heavy atom. The fraction of sp³-hybridized carbons (Fsp3) is 0.385. The van der Waals surface area contributed by atoms with Crippen LogP contribution < -0.4 is 10.1 Å².